The number of amides is 1. The summed E-state index contributed by atoms with van der Waals surface area (Å²) < 4.78 is 43.6. The maximum absolute atomic E-state index is 13.7. The van der Waals surface area contributed by atoms with Gasteiger partial charge in [0.05, 0.1) is 18.1 Å². The van der Waals surface area contributed by atoms with Gasteiger partial charge >= 0.3 is 0 Å². The first kappa shape index (κ1) is 21.4. The van der Waals surface area contributed by atoms with Crippen LogP contribution in [-0.4, -0.2) is 36.8 Å². The third-order valence-electron chi connectivity index (χ3n) is 6.05. The molecule has 0 unspecified atom stereocenters. The smallest absolute Gasteiger partial charge is 0.255 e. The van der Waals surface area contributed by atoms with Crippen LogP contribution >= 0.6 is 0 Å². The fourth-order valence-corrected chi connectivity index (χ4v) is 6.09. The Kier molecular flexibility index (Phi) is 5.50. The standard InChI is InChI=1S/C26H22FNO4S/c27-20-10-8-19(9-11-20)25-13-12-22(32-25)16-28(21-14-15-33(30,31)17-21)26(29)24-7-3-5-18-4-1-2-6-23(18)24/h1-13,21H,14-17H2/t21-/m0/s1. The van der Waals surface area contributed by atoms with Crippen molar-refractivity contribution < 1.29 is 22.0 Å². The molecule has 1 saturated heterocycles. The molecule has 168 valence electrons. The molecule has 0 aliphatic carbocycles. The van der Waals surface area contributed by atoms with Crippen LogP contribution in [0, 0.1) is 5.82 Å². The Morgan fingerprint density at radius 2 is 1.73 bits per heavy atom. The number of rotatable bonds is 5. The van der Waals surface area contributed by atoms with Gasteiger partial charge in [-0.05, 0) is 59.7 Å². The van der Waals surface area contributed by atoms with Crippen molar-refractivity contribution in [2.45, 2.75) is 19.0 Å². The van der Waals surface area contributed by atoms with E-state index in [-0.39, 0.29) is 29.8 Å². The second-order valence-corrected chi connectivity index (χ2v) is 10.5. The maximum Gasteiger partial charge on any atom is 0.255 e. The van der Waals surface area contributed by atoms with Crippen LogP contribution in [0.15, 0.2) is 83.3 Å². The number of benzene rings is 3. The van der Waals surface area contributed by atoms with Gasteiger partial charge in [-0.15, -0.1) is 0 Å². The lowest BCUT2D eigenvalue weighted by Gasteiger charge is -2.28. The molecule has 33 heavy (non-hydrogen) atoms. The highest BCUT2D eigenvalue weighted by Crippen LogP contribution is 2.28. The summed E-state index contributed by atoms with van der Waals surface area (Å²) in [5.41, 5.74) is 1.25. The molecule has 5 rings (SSSR count). The summed E-state index contributed by atoms with van der Waals surface area (Å²) in [7, 11) is -3.19. The molecule has 5 nitrogen and oxygen atoms in total. The second kappa shape index (κ2) is 8.48. The molecule has 1 aliphatic rings. The lowest BCUT2D eigenvalue weighted by molar-refractivity contribution is 0.0668. The minimum absolute atomic E-state index is 0.0605. The van der Waals surface area contributed by atoms with Crippen LogP contribution in [0.3, 0.4) is 0 Å². The first-order chi connectivity index (χ1) is 15.9. The molecular formula is C26H22FNO4S. The van der Waals surface area contributed by atoms with E-state index < -0.39 is 15.9 Å². The SMILES string of the molecule is O=C(c1cccc2ccccc12)N(Cc1ccc(-c2ccc(F)cc2)o1)[C@H]1CCS(=O)(=O)C1. The largest absolute Gasteiger partial charge is 0.459 e. The van der Waals surface area contributed by atoms with Crippen molar-refractivity contribution in [3.63, 3.8) is 0 Å². The van der Waals surface area contributed by atoms with Crippen molar-refractivity contribution in [2.75, 3.05) is 11.5 Å². The minimum atomic E-state index is -3.19. The summed E-state index contributed by atoms with van der Waals surface area (Å²) in [6, 6.07) is 22.3. The first-order valence-electron chi connectivity index (χ1n) is 10.7. The molecule has 0 spiro atoms. The van der Waals surface area contributed by atoms with Gasteiger partial charge in [0.2, 0.25) is 0 Å². The topological polar surface area (TPSA) is 67.6 Å². The molecule has 1 fully saturated rings. The minimum Gasteiger partial charge on any atom is -0.459 e. The highest BCUT2D eigenvalue weighted by atomic mass is 32.2. The van der Waals surface area contributed by atoms with Gasteiger partial charge in [0.1, 0.15) is 17.3 Å². The number of sulfone groups is 1. The summed E-state index contributed by atoms with van der Waals surface area (Å²) in [4.78, 5) is 15.3. The van der Waals surface area contributed by atoms with Crippen molar-refractivity contribution in [3.8, 4) is 11.3 Å². The van der Waals surface area contributed by atoms with Gasteiger partial charge in [0.15, 0.2) is 9.84 Å². The molecule has 1 aromatic heterocycles. The Labute approximate surface area is 191 Å². The zero-order valence-corrected chi connectivity index (χ0v) is 18.6. The summed E-state index contributed by atoms with van der Waals surface area (Å²) >= 11 is 0. The van der Waals surface area contributed by atoms with Gasteiger partial charge in [0.25, 0.3) is 5.91 Å². The molecule has 1 amide bonds. The summed E-state index contributed by atoms with van der Waals surface area (Å²) in [6.07, 6.45) is 0.393. The van der Waals surface area contributed by atoms with E-state index in [1.165, 1.54) is 12.1 Å². The molecule has 0 bridgehead atoms. The predicted molar refractivity (Wildman–Crippen MR) is 125 cm³/mol. The van der Waals surface area contributed by atoms with E-state index in [1.54, 1.807) is 35.2 Å². The number of carbonyl (C=O) groups excluding carboxylic acids is 1. The fraction of sp³-hybridized carbons (Fsp3) is 0.192. The molecule has 0 saturated carbocycles. The Balaban J connectivity index is 1.49. The van der Waals surface area contributed by atoms with Crippen molar-refractivity contribution in [1.82, 2.24) is 4.90 Å². The van der Waals surface area contributed by atoms with Crippen molar-refractivity contribution in [2.24, 2.45) is 0 Å². The van der Waals surface area contributed by atoms with E-state index in [0.29, 0.717) is 23.5 Å². The fourth-order valence-electron chi connectivity index (χ4n) is 4.35. The maximum atomic E-state index is 13.7. The van der Waals surface area contributed by atoms with Gasteiger partial charge in [0, 0.05) is 17.2 Å². The van der Waals surface area contributed by atoms with E-state index >= 15 is 0 Å². The van der Waals surface area contributed by atoms with E-state index in [9.17, 15) is 17.6 Å². The van der Waals surface area contributed by atoms with Crippen LogP contribution in [0.4, 0.5) is 4.39 Å². The summed E-state index contributed by atoms with van der Waals surface area (Å²) in [6.45, 7) is 0.142. The monoisotopic (exact) mass is 463 g/mol. The van der Waals surface area contributed by atoms with Crippen molar-refractivity contribution in [3.05, 3.63) is 96.0 Å². The van der Waals surface area contributed by atoms with Crippen molar-refractivity contribution >= 4 is 26.5 Å². The molecule has 3 aromatic carbocycles. The van der Waals surface area contributed by atoms with E-state index in [4.69, 9.17) is 4.42 Å². The molecule has 0 radical (unpaired) electrons. The molecule has 2 heterocycles. The van der Waals surface area contributed by atoms with Crippen LogP contribution in [0.25, 0.3) is 22.1 Å². The Morgan fingerprint density at radius 1 is 0.970 bits per heavy atom. The molecule has 4 aromatic rings. The lowest BCUT2D eigenvalue weighted by Crippen LogP contribution is -2.40. The molecule has 1 atom stereocenters. The molecule has 0 N–H and O–H groups in total. The van der Waals surface area contributed by atoms with E-state index in [0.717, 1.165) is 16.3 Å². The second-order valence-electron chi connectivity index (χ2n) is 8.29. The van der Waals surface area contributed by atoms with Gasteiger partial charge in [-0.3, -0.25) is 4.79 Å². The zero-order chi connectivity index (χ0) is 23.0. The Hall–Kier alpha value is -3.45. The quantitative estimate of drug-likeness (QED) is 0.415. The van der Waals surface area contributed by atoms with Gasteiger partial charge < -0.3 is 9.32 Å². The van der Waals surface area contributed by atoms with Crippen LogP contribution in [0.1, 0.15) is 22.5 Å². The average Bonchev–Trinajstić information content (AvgIpc) is 3.43. The number of furan rings is 1. The number of fused-ring (bicyclic) bond motifs is 1. The highest BCUT2D eigenvalue weighted by molar-refractivity contribution is 7.91. The van der Waals surface area contributed by atoms with Crippen LogP contribution < -0.4 is 0 Å². The highest BCUT2D eigenvalue weighted by Gasteiger charge is 2.36. The average molecular weight is 464 g/mol. The Morgan fingerprint density at radius 3 is 2.48 bits per heavy atom. The van der Waals surface area contributed by atoms with E-state index in [2.05, 4.69) is 0 Å². The van der Waals surface area contributed by atoms with Crippen LogP contribution in [0.5, 0.6) is 0 Å². The number of nitrogens with zero attached hydrogens (tertiary/aromatic N) is 1. The number of hydrogen-bond acceptors (Lipinski definition) is 4. The summed E-state index contributed by atoms with van der Waals surface area (Å²) in [5.74, 6) is 0.535. The molecular weight excluding hydrogens is 441 g/mol. The third kappa shape index (κ3) is 4.41. The molecule has 7 heteroatoms. The van der Waals surface area contributed by atoms with Gasteiger partial charge in [-0.25, -0.2) is 12.8 Å². The number of hydrogen-bond donors (Lipinski definition) is 0. The van der Waals surface area contributed by atoms with Crippen LogP contribution in [0.2, 0.25) is 0 Å². The van der Waals surface area contributed by atoms with Gasteiger partial charge in [-0.1, -0.05) is 36.4 Å². The Bertz CT molecular complexity index is 1420. The third-order valence-corrected chi connectivity index (χ3v) is 7.80. The van der Waals surface area contributed by atoms with Gasteiger partial charge in [-0.2, -0.15) is 0 Å². The molecule has 1 aliphatic heterocycles. The number of halogens is 1. The zero-order valence-electron chi connectivity index (χ0n) is 17.8. The predicted octanol–water partition coefficient (Wildman–Crippen LogP) is 5.07. The van der Waals surface area contributed by atoms with Crippen molar-refractivity contribution in [1.29, 1.82) is 0 Å². The van der Waals surface area contributed by atoms with Crippen LogP contribution in [-0.2, 0) is 16.4 Å². The van der Waals surface area contributed by atoms with E-state index in [1.807, 2.05) is 36.4 Å². The number of carbonyl (C=O) groups is 1. The first-order valence-corrected chi connectivity index (χ1v) is 12.6. The normalized spacial score (nSPS) is 17.3. The summed E-state index contributed by atoms with van der Waals surface area (Å²) in [5, 5.41) is 1.77. The lowest BCUT2D eigenvalue weighted by atomic mass is 10.0.